The van der Waals surface area contributed by atoms with E-state index in [1.165, 1.54) is 17.8 Å². The van der Waals surface area contributed by atoms with Gasteiger partial charge in [0.05, 0.1) is 15.5 Å². The van der Waals surface area contributed by atoms with Crippen LogP contribution in [-0.4, -0.2) is 18.6 Å². The Hall–Kier alpha value is -2.62. The average molecular weight is 518 g/mol. The lowest BCUT2D eigenvalue weighted by molar-refractivity contribution is 0.557. The van der Waals surface area contributed by atoms with Crippen LogP contribution in [0.4, 0.5) is 0 Å². The maximum absolute atomic E-state index is 12.3. The van der Waals surface area contributed by atoms with Crippen molar-refractivity contribution in [2.75, 3.05) is 0 Å². The summed E-state index contributed by atoms with van der Waals surface area (Å²) < 4.78 is 30.2. The number of halogens is 2. The summed E-state index contributed by atoms with van der Waals surface area (Å²) in [6.07, 6.45) is 3.39. The molecular formula is C23H17Cl2N3O3S2. The standard InChI is InChI=1S/C23H17Cl2N3O3S2/c24-17-8-4-7-15(11-17)9-10-22-27-28-23(31-22)18-12-21(33(26,29)30)20(13-19(18)25)32-14-16-5-2-1-3-6-16/h1-13H,14H2,(H2,26,29,30)/b10-9+. The highest BCUT2D eigenvalue weighted by atomic mass is 35.5. The molecular weight excluding hydrogens is 501 g/mol. The number of thioether (sulfide) groups is 1. The summed E-state index contributed by atoms with van der Waals surface area (Å²) in [5.41, 5.74) is 2.17. The normalized spacial score (nSPS) is 11.8. The molecule has 10 heteroatoms. The molecule has 0 fully saturated rings. The minimum atomic E-state index is -4.02. The van der Waals surface area contributed by atoms with Gasteiger partial charge in [0.1, 0.15) is 0 Å². The molecule has 0 aliphatic heterocycles. The van der Waals surface area contributed by atoms with Gasteiger partial charge < -0.3 is 4.42 Å². The number of sulfonamides is 1. The Balaban J connectivity index is 1.63. The average Bonchev–Trinajstić information content (AvgIpc) is 3.25. The van der Waals surface area contributed by atoms with Gasteiger partial charge in [0, 0.05) is 21.7 Å². The zero-order valence-corrected chi connectivity index (χ0v) is 20.1. The Bertz CT molecular complexity index is 1420. The molecule has 1 aromatic heterocycles. The number of benzene rings is 3. The van der Waals surface area contributed by atoms with E-state index in [2.05, 4.69) is 10.2 Å². The fourth-order valence-corrected chi connectivity index (χ4v) is 5.53. The van der Waals surface area contributed by atoms with Crippen molar-refractivity contribution in [3.63, 3.8) is 0 Å². The Kier molecular flexibility index (Phi) is 7.21. The Morgan fingerprint density at radius 2 is 1.76 bits per heavy atom. The van der Waals surface area contributed by atoms with Gasteiger partial charge in [0.2, 0.25) is 21.8 Å². The van der Waals surface area contributed by atoms with Gasteiger partial charge in [-0.2, -0.15) is 0 Å². The SMILES string of the molecule is NS(=O)(=O)c1cc(-c2nnc(/C=C/c3cccc(Cl)c3)o2)c(Cl)cc1SCc1ccccc1. The van der Waals surface area contributed by atoms with Gasteiger partial charge in [0.15, 0.2) is 0 Å². The third kappa shape index (κ3) is 6.04. The second-order valence-electron chi connectivity index (χ2n) is 6.93. The maximum atomic E-state index is 12.3. The molecule has 3 aromatic carbocycles. The van der Waals surface area contributed by atoms with Crippen LogP contribution >= 0.6 is 35.0 Å². The van der Waals surface area contributed by atoms with Crippen molar-refractivity contribution >= 4 is 57.1 Å². The van der Waals surface area contributed by atoms with Crippen LogP contribution in [0.15, 0.2) is 80.9 Å². The van der Waals surface area contributed by atoms with E-state index >= 15 is 0 Å². The first kappa shape index (κ1) is 23.5. The van der Waals surface area contributed by atoms with E-state index < -0.39 is 10.0 Å². The monoisotopic (exact) mass is 517 g/mol. The summed E-state index contributed by atoms with van der Waals surface area (Å²) >= 11 is 13.8. The minimum absolute atomic E-state index is 0.0583. The fourth-order valence-electron chi connectivity index (χ4n) is 2.96. The van der Waals surface area contributed by atoms with Crippen LogP contribution < -0.4 is 5.14 Å². The lowest BCUT2D eigenvalue weighted by atomic mass is 10.2. The summed E-state index contributed by atoms with van der Waals surface area (Å²) in [6, 6.07) is 19.8. The number of aromatic nitrogens is 2. The molecule has 0 saturated heterocycles. The first-order valence-corrected chi connectivity index (χ1v) is 12.9. The molecule has 33 heavy (non-hydrogen) atoms. The van der Waals surface area contributed by atoms with Crippen molar-refractivity contribution in [2.45, 2.75) is 15.5 Å². The van der Waals surface area contributed by atoms with Crippen molar-refractivity contribution in [3.05, 3.63) is 93.8 Å². The van der Waals surface area contributed by atoms with Gasteiger partial charge in [-0.1, -0.05) is 65.7 Å². The molecule has 0 spiro atoms. The Labute approximate surface area is 205 Å². The van der Waals surface area contributed by atoms with E-state index in [0.29, 0.717) is 15.7 Å². The highest BCUT2D eigenvalue weighted by Gasteiger charge is 2.21. The summed E-state index contributed by atoms with van der Waals surface area (Å²) in [5.74, 6) is 0.855. The fraction of sp³-hybridized carbons (Fsp3) is 0.0435. The lowest BCUT2D eigenvalue weighted by Gasteiger charge is -2.10. The molecule has 4 aromatic rings. The van der Waals surface area contributed by atoms with Crippen LogP contribution in [0, 0.1) is 0 Å². The van der Waals surface area contributed by atoms with Crippen LogP contribution in [0.25, 0.3) is 23.6 Å². The van der Waals surface area contributed by atoms with E-state index in [-0.39, 0.29) is 27.3 Å². The van der Waals surface area contributed by atoms with Crippen LogP contribution in [0.2, 0.25) is 10.0 Å². The molecule has 2 N–H and O–H groups in total. The molecule has 1 heterocycles. The van der Waals surface area contributed by atoms with Crippen LogP contribution in [0.3, 0.4) is 0 Å². The molecule has 0 bridgehead atoms. The first-order valence-electron chi connectivity index (χ1n) is 9.60. The van der Waals surface area contributed by atoms with Gasteiger partial charge in [-0.15, -0.1) is 22.0 Å². The number of nitrogens with zero attached hydrogens (tertiary/aromatic N) is 2. The molecule has 0 atom stereocenters. The van der Waals surface area contributed by atoms with E-state index in [9.17, 15) is 8.42 Å². The molecule has 0 aliphatic carbocycles. The number of nitrogens with two attached hydrogens (primary N) is 1. The molecule has 0 unspecified atom stereocenters. The summed E-state index contributed by atoms with van der Waals surface area (Å²) in [5, 5.41) is 14.3. The number of hydrogen-bond acceptors (Lipinski definition) is 6. The van der Waals surface area contributed by atoms with E-state index in [1.807, 2.05) is 42.5 Å². The molecule has 0 amide bonds. The molecule has 6 nitrogen and oxygen atoms in total. The van der Waals surface area contributed by atoms with Crippen molar-refractivity contribution in [1.29, 1.82) is 0 Å². The van der Waals surface area contributed by atoms with Crippen molar-refractivity contribution in [3.8, 4) is 11.5 Å². The Morgan fingerprint density at radius 1 is 0.970 bits per heavy atom. The maximum Gasteiger partial charge on any atom is 0.249 e. The van der Waals surface area contributed by atoms with Crippen molar-refractivity contribution in [1.82, 2.24) is 10.2 Å². The Morgan fingerprint density at radius 3 is 2.48 bits per heavy atom. The van der Waals surface area contributed by atoms with Gasteiger partial charge in [0.25, 0.3) is 0 Å². The second kappa shape index (κ2) is 10.1. The highest BCUT2D eigenvalue weighted by molar-refractivity contribution is 7.99. The van der Waals surface area contributed by atoms with Gasteiger partial charge in [-0.3, -0.25) is 0 Å². The summed E-state index contributed by atoms with van der Waals surface area (Å²) in [7, 11) is -4.02. The van der Waals surface area contributed by atoms with E-state index in [4.69, 9.17) is 32.8 Å². The number of rotatable bonds is 7. The molecule has 0 radical (unpaired) electrons. The zero-order chi connectivity index (χ0) is 23.4. The topological polar surface area (TPSA) is 99.1 Å². The van der Waals surface area contributed by atoms with Gasteiger partial charge >= 0.3 is 0 Å². The predicted octanol–water partition coefficient (Wildman–Crippen LogP) is 6.15. The van der Waals surface area contributed by atoms with Gasteiger partial charge in [-0.25, -0.2) is 13.6 Å². The predicted molar refractivity (Wildman–Crippen MR) is 133 cm³/mol. The quantitative estimate of drug-likeness (QED) is 0.295. The highest BCUT2D eigenvalue weighted by Crippen LogP contribution is 2.37. The largest absolute Gasteiger partial charge is 0.417 e. The van der Waals surface area contributed by atoms with E-state index in [1.54, 1.807) is 30.4 Å². The summed E-state index contributed by atoms with van der Waals surface area (Å²) in [4.78, 5) is 0.382. The molecule has 0 aliphatic rings. The zero-order valence-electron chi connectivity index (χ0n) is 17.0. The van der Waals surface area contributed by atoms with Crippen molar-refractivity contribution < 1.29 is 12.8 Å². The number of primary sulfonamides is 1. The smallest absolute Gasteiger partial charge is 0.249 e. The van der Waals surface area contributed by atoms with Crippen molar-refractivity contribution in [2.24, 2.45) is 5.14 Å². The lowest BCUT2D eigenvalue weighted by Crippen LogP contribution is -2.13. The van der Waals surface area contributed by atoms with Crippen LogP contribution in [-0.2, 0) is 15.8 Å². The first-order chi connectivity index (χ1) is 15.8. The summed E-state index contributed by atoms with van der Waals surface area (Å²) in [6.45, 7) is 0. The number of hydrogen-bond donors (Lipinski definition) is 1. The second-order valence-corrected chi connectivity index (χ2v) is 10.3. The molecule has 168 valence electrons. The molecule has 0 saturated carbocycles. The van der Waals surface area contributed by atoms with Crippen LogP contribution in [0.1, 0.15) is 17.0 Å². The minimum Gasteiger partial charge on any atom is -0.417 e. The van der Waals surface area contributed by atoms with Gasteiger partial charge in [-0.05, 0) is 41.5 Å². The molecule has 4 rings (SSSR count). The third-order valence-electron chi connectivity index (χ3n) is 4.52. The third-order valence-corrected chi connectivity index (χ3v) is 7.27. The van der Waals surface area contributed by atoms with Crippen LogP contribution in [0.5, 0.6) is 0 Å². The van der Waals surface area contributed by atoms with E-state index in [0.717, 1.165) is 11.1 Å².